The first-order chi connectivity index (χ1) is 15.8. The molecule has 0 aliphatic carbocycles. The number of nitrogens with two attached hydrogens (primary N) is 2. The number of piperazine rings is 1. The Morgan fingerprint density at radius 2 is 2.03 bits per heavy atom. The Morgan fingerprint density at radius 3 is 2.73 bits per heavy atom. The van der Waals surface area contributed by atoms with Crippen LogP contribution in [0, 0.1) is 0 Å². The number of benzene rings is 1. The van der Waals surface area contributed by atoms with Crippen LogP contribution in [0.25, 0.3) is 6.08 Å². The molecule has 0 bridgehead atoms. The molecule has 1 aromatic heterocycles. The summed E-state index contributed by atoms with van der Waals surface area (Å²) < 4.78 is 5.19. The molecule has 0 spiro atoms. The number of hydrazone groups is 1. The van der Waals surface area contributed by atoms with Gasteiger partial charge in [-0.2, -0.15) is 0 Å². The van der Waals surface area contributed by atoms with Gasteiger partial charge in [-0.15, -0.1) is 5.10 Å². The first kappa shape index (κ1) is 24.5. The molecule has 1 aliphatic rings. The van der Waals surface area contributed by atoms with E-state index in [1.54, 1.807) is 44.5 Å². The minimum absolute atomic E-state index is 0.0263. The van der Waals surface area contributed by atoms with Crippen molar-refractivity contribution in [1.29, 1.82) is 0 Å². The van der Waals surface area contributed by atoms with Crippen LogP contribution in [-0.4, -0.2) is 64.9 Å². The van der Waals surface area contributed by atoms with E-state index in [1.807, 2.05) is 23.1 Å². The molecule has 33 heavy (non-hydrogen) atoms. The lowest BCUT2D eigenvalue weighted by Crippen LogP contribution is -2.47. The predicted molar refractivity (Wildman–Crippen MR) is 130 cm³/mol. The van der Waals surface area contributed by atoms with Crippen LogP contribution >= 0.6 is 11.6 Å². The van der Waals surface area contributed by atoms with Crippen molar-refractivity contribution in [2.45, 2.75) is 20.0 Å². The van der Waals surface area contributed by atoms with Crippen molar-refractivity contribution in [1.82, 2.24) is 19.9 Å². The summed E-state index contributed by atoms with van der Waals surface area (Å²) in [6.07, 6.45) is 5.13. The lowest BCUT2D eigenvalue weighted by Gasteiger charge is -2.34. The van der Waals surface area contributed by atoms with Crippen molar-refractivity contribution >= 4 is 29.4 Å². The van der Waals surface area contributed by atoms with E-state index in [0.717, 1.165) is 36.3 Å². The average Bonchev–Trinajstić information content (AvgIpc) is 2.78. The van der Waals surface area contributed by atoms with E-state index in [9.17, 15) is 4.79 Å². The summed E-state index contributed by atoms with van der Waals surface area (Å²) in [5.41, 5.74) is 8.42. The minimum atomic E-state index is -0.0263. The normalized spacial score (nSPS) is 15.2. The summed E-state index contributed by atoms with van der Waals surface area (Å²) in [5, 5.41) is 5.84. The van der Waals surface area contributed by atoms with Gasteiger partial charge < -0.3 is 15.4 Å². The van der Waals surface area contributed by atoms with Crippen LogP contribution in [0.1, 0.15) is 23.6 Å². The largest absolute Gasteiger partial charge is 0.481 e. The van der Waals surface area contributed by atoms with Crippen LogP contribution in [0.15, 0.2) is 47.7 Å². The molecule has 2 aromatic rings. The molecule has 1 aromatic carbocycles. The Balaban J connectivity index is 1.57. The summed E-state index contributed by atoms with van der Waals surface area (Å²) in [6, 6.07) is 9.36. The van der Waals surface area contributed by atoms with Gasteiger partial charge in [0.05, 0.1) is 13.7 Å². The molecule has 9 nitrogen and oxygen atoms in total. The fourth-order valence-electron chi connectivity index (χ4n) is 3.60. The monoisotopic (exact) mass is 471 g/mol. The van der Waals surface area contributed by atoms with Gasteiger partial charge in [-0.05, 0) is 47.9 Å². The number of amides is 1. The standard InChI is InChI=1S/C23H30ClN7O2/c1-17(25)28-31(26)16-20-14-21(24)5-3-19(20)4-6-23(32)30-11-9-29(10-12-30)15-18-7-8-27-22(13-18)33-2/h3-8,13-14H,9-12,15-16,26H2,1-2H3,(H2,25,28)/b6-4+. The molecular weight excluding hydrogens is 442 g/mol. The van der Waals surface area contributed by atoms with Crippen LogP contribution in [-0.2, 0) is 17.9 Å². The van der Waals surface area contributed by atoms with E-state index in [-0.39, 0.29) is 5.91 Å². The van der Waals surface area contributed by atoms with E-state index >= 15 is 0 Å². The van der Waals surface area contributed by atoms with Crippen LogP contribution in [0.3, 0.4) is 0 Å². The third-order valence-electron chi connectivity index (χ3n) is 5.23. The van der Waals surface area contributed by atoms with Gasteiger partial charge >= 0.3 is 0 Å². The number of hydrogen-bond acceptors (Lipinski definition) is 7. The van der Waals surface area contributed by atoms with Crippen LogP contribution in [0.4, 0.5) is 0 Å². The van der Waals surface area contributed by atoms with Crippen molar-refractivity contribution < 1.29 is 9.53 Å². The molecule has 1 aliphatic heterocycles. The number of amidine groups is 1. The lowest BCUT2D eigenvalue weighted by molar-refractivity contribution is -0.127. The van der Waals surface area contributed by atoms with Crippen LogP contribution in [0.5, 0.6) is 5.88 Å². The predicted octanol–water partition coefficient (Wildman–Crippen LogP) is 2.07. The molecule has 0 radical (unpaired) electrons. The third-order valence-corrected chi connectivity index (χ3v) is 5.46. The third kappa shape index (κ3) is 7.45. The van der Waals surface area contributed by atoms with Gasteiger partial charge in [0.15, 0.2) is 0 Å². The molecule has 0 saturated carbocycles. The van der Waals surface area contributed by atoms with Gasteiger partial charge in [0.1, 0.15) is 5.84 Å². The Labute approximate surface area is 199 Å². The average molecular weight is 472 g/mol. The zero-order chi connectivity index (χ0) is 23.8. The summed E-state index contributed by atoms with van der Waals surface area (Å²) in [7, 11) is 1.61. The highest BCUT2D eigenvalue weighted by atomic mass is 35.5. The number of aromatic nitrogens is 1. The number of rotatable bonds is 8. The van der Waals surface area contributed by atoms with Gasteiger partial charge in [0, 0.05) is 56.1 Å². The number of methoxy groups -OCH3 is 1. The fourth-order valence-corrected chi connectivity index (χ4v) is 3.79. The highest BCUT2D eigenvalue weighted by Crippen LogP contribution is 2.19. The maximum atomic E-state index is 12.8. The van der Waals surface area contributed by atoms with Crippen molar-refractivity contribution in [3.05, 3.63) is 64.3 Å². The van der Waals surface area contributed by atoms with E-state index in [0.29, 0.717) is 36.4 Å². The minimum Gasteiger partial charge on any atom is -0.481 e. The molecule has 176 valence electrons. The summed E-state index contributed by atoms with van der Waals surface area (Å²) in [4.78, 5) is 21.1. The highest BCUT2D eigenvalue weighted by molar-refractivity contribution is 6.30. The second kappa shape index (κ2) is 11.6. The first-order valence-electron chi connectivity index (χ1n) is 10.6. The summed E-state index contributed by atoms with van der Waals surface area (Å²) in [5.74, 6) is 6.83. The number of hydrogen-bond donors (Lipinski definition) is 2. The van der Waals surface area contributed by atoms with Gasteiger partial charge in [0.2, 0.25) is 11.8 Å². The van der Waals surface area contributed by atoms with Crippen molar-refractivity contribution in [3.8, 4) is 5.88 Å². The summed E-state index contributed by atoms with van der Waals surface area (Å²) in [6.45, 7) is 5.70. The molecular formula is C23H30ClN7O2. The number of hydrazine groups is 1. The maximum Gasteiger partial charge on any atom is 0.246 e. The summed E-state index contributed by atoms with van der Waals surface area (Å²) >= 11 is 6.14. The zero-order valence-corrected chi connectivity index (χ0v) is 19.7. The van der Waals surface area contributed by atoms with E-state index < -0.39 is 0 Å². The number of ether oxygens (including phenoxy) is 1. The number of carbonyl (C=O) groups excluding carboxylic acids is 1. The topological polar surface area (TPSA) is 113 Å². The van der Waals surface area contributed by atoms with Crippen LogP contribution < -0.4 is 16.3 Å². The van der Waals surface area contributed by atoms with E-state index in [4.69, 9.17) is 27.9 Å². The Hall–Kier alpha value is -3.14. The molecule has 0 atom stereocenters. The lowest BCUT2D eigenvalue weighted by atomic mass is 10.1. The van der Waals surface area contributed by atoms with Gasteiger partial charge in [-0.3, -0.25) is 9.69 Å². The zero-order valence-electron chi connectivity index (χ0n) is 18.9. The fraction of sp³-hybridized carbons (Fsp3) is 0.348. The molecule has 2 heterocycles. The SMILES string of the molecule is COc1cc(CN2CCN(C(=O)/C=C/c3ccc(Cl)cc3CN(N)/N=C(/C)N)CC2)ccn1. The second-order valence-electron chi connectivity index (χ2n) is 7.82. The van der Waals surface area contributed by atoms with Crippen LogP contribution in [0.2, 0.25) is 5.02 Å². The smallest absolute Gasteiger partial charge is 0.246 e. The van der Waals surface area contributed by atoms with Crippen molar-refractivity contribution in [2.75, 3.05) is 33.3 Å². The second-order valence-corrected chi connectivity index (χ2v) is 8.26. The quantitative estimate of drug-likeness (QED) is 0.199. The van der Waals surface area contributed by atoms with Crippen molar-refractivity contribution in [3.63, 3.8) is 0 Å². The number of nitrogens with zero attached hydrogens (tertiary/aromatic N) is 5. The Morgan fingerprint density at radius 1 is 1.27 bits per heavy atom. The molecule has 3 rings (SSSR count). The van der Waals surface area contributed by atoms with Crippen molar-refractivity contribution in [2.24, 2.45) is 16.7 Å². The van der Waals surface area contributed by atoms with E-state index in [1.165, 1.54) is 5.12 Å². The molecule has 1 fully saturated rings. The highest BCUT2D eigenvalue weighted by Gasteiger charge is 2.20. The number of pyridine rings is 1. The molecule has 0 unspecified atom stereocenters. The Bertz CT molecular complexity index is 1020. The molecule has 4 N–H and O–H groups in total. The van der Waals surface area contributed by atoms with Gasteiger partial charge in [0.25, 0.3) is 0 Å². The number of halogens is 1. The Kier molecular flexibility index (Phi) is 8.65. The molecule has 10 heteroatoms. The van der Waals surface area contributed by atoms with Gasteiger partial charge in [-0.1, -0.05) is 17.7 Å². The van der Waals surface area contributed by atoms with Gasteiger partial charge in [-0.25, -0.2) is 15.9 Å². The first-order valence-corrected chi connectivity index (χ1v) is 11.0. The molecule has 1 saturated heterocycles. The number of carbonyl (C=O) groups is 1. The maximum absolute atomic E-state index is 12.8. The van der Waals surface area contributed by atoms with E-state index in [2.05, 4.69) is 15.0 Å². The molecule has 1 amide bonds.